The lowest BCUT2D eigenvalue weighted by molar-refractivity contribution is -0.114. The molecular formula is C15H18O2. The maximum atomic E-state index is 11.5. The van der Waals surface area contributed by atoms with Gasteiger partial charge in [-0.1, -0.05) is 17.7 Å². The highest BCUT2D eigenvalue weighted by molar-refractivity contribution is 5.90. The van der Waals surface area contributed by atoms with Gasteiger partial charge in [0.15, 0.2) is 5.78 Å². The summed E-state index contributed by atoms with van der Waals surface area (Å²) in [4.78, 5) is 11.5. The van der Waals surface area contributed by atoms with E-state index in [0.717, 1.165) is 31.4 Å². The monoisotopic (exact) mass is 230 g/mol. The van der Waals surface area contributed by atoms with Crippen LogP contribution < -0.4 is 4.74 Å². The Hall–Kier alpha value is -1.57. The van der Waals surface area contributed by atoms with Gasteiger partial charge in [-0.05, 0) is 49.5 Å². The summed E-state index contributed by atoms with van der Waals surface area (Å²) in [5.74, 6) is 1.16. The molecule has 90 valence electrons. The molecule has 2 heteroatoms. The summed E-state index contributed by atoms with van der Waals surface area (Å²) in [6.07, 6.45) is 6.61. The molecule has 0 heterocycles. The molecule has 17 heavy (non-hydrogen) atoms. The van der Waals surface area contributed by atoms with Crippen LogP contribution in [0.1, 0.15) is 31.2 Å². The average molecular weight is 230 g/mol. The van der Waals surface area contributed by atoms with Crippen molar-refractivity contribution < 1.29 is 9.53 Å². The Bertz CT molecular complexity index is 432. The number of ether oxygens (including phenoxy) is 1. The van der Waals surface area contributed by atoms with E-state index in [4.69, 9.17) is 4.74 Å². The lowest BCUT2D eigenvalue weighted by Crippen LogP contribution is -1.94. The zero-order valence-electron chi connectivity index (χ0n) is 10.2. The van der Waals surface area contributed by atoms with Gasteiger partial charge in [0.1, 0.15) is 5.75 Å². The van der Waals surface area contributed by atoms with Crippen molar-refractivity contribution in [3.05, 3.63) is 41.5 Å². The van der Waals surface area contributed by atoms with Gasteiger partial charge in [0, 0.05) is 6.42 Å². The number of methoxy groups -OCH3 is 1. The maximum Gasteiger partial charge on any atom is 0.155 e. The van der Waals surface area contributed by atoms with Gasteiger partial charge in [-0.25, -0.2) is 0 Å². The Morgan fingerprint density at radius 3 is 2.88 bits per heavy atom. The van der Waals surface area contributed by atoms with Gasteiger partial charge in [-0.15, -0.1) is 0 Å². The molecule has 0 aromatic heterocycles. The largest absolute Gasteiger partial charge is 0.497 e. The molecule has 0 bridgehead atoms. The highest BCUT2D eigenvalue weighted by atomic mass is 16.5. The second-order valence-corrected chi connectivity index (χ2v) is 4.50. The van der Waals surface area contributed by atoms with Gasteiger partial charge in [0.2, 0.25) is 0 Å². The molecule has 0 atom stereocenters. The highest BCUT2D eigenvalue weighted by Gasteiger charge is 2.09. The number of hydrogen-bond acceptors (Lipinski definition) is 2. The number of ketones is 1. The highest BCUT2D eigenvalue weighted by Crippen LogP contribution is 2.21. The lowest BCUT2D eigenvalue weighted by atomic mass is 10.0. The van der Waals surface area contributed by atoms with E-state index in [1.807, 2.05) is 24.3 Å². The fourth-order valence-electron chi connectivity index (χ4n) is 2.21. The third-order valence-corrected chi connectivity index (χ3v) is 3.10. The summed E-state index contributed by atoms with van der Waals surface area (Å²) >= 11 is 0. The van der Waals surface area contributed by atoms with E-state index in [1.165, 1.54) is 11.1 Å². The third kappa shape index (κ3) is 3.45. The Balaban J connectivity index is 2.11. The molecule has 2 rings (SSSR count). The number of allylic oxidation sites excluding steroid dienone is 2. The van der Waals surface area contributed by atoms with Crippen molar-refractivity contribution in [3.8, 4) is 5.75 Å². The van der Waals surface area contributed by atoms with Crippen molar-refractivity contribution in [1.82, 2.24) is 0 Å². The fourth-order valence-corrected chi connectivity index (χ4v) is 2.21. The molecule has 0 fully saturated rings. The van der Waals surface area contributed by atoms with Gasteiger partial charge < -0.3 is 4.74 Å². The molecule has 1 aromatic rings. The molecule has 0 saturated heterocycles. The molecule has 0 unspecified atom stereocenters. The molecule has 2 nitrogen and oxygen atoms in total. The molecule has 1 aliphatic carbocycles. The van der Waals surface area contributed by atoms with E-state index < -0.39 is 0 Å². The normalized spacial score (nSPS) is 16.3. The summed E-state index contributed by atoms with van der Waals surface area (Å²) in [5.41, 5.74) is 2.46. The number of carbonyl (C=O) groups is 1. The molecular weight excluding hydrogens is 212 g/mol. The van der Waals surface area contributed by atoms with Crippen LogP contribution in [0.15, 0.2) is 35.9 Å². The summed E-state index contributed by atoms with van der Waals surface area (Å²) in [6.45, 7) is 0. The van der Waals surface area contributed by atoms with Crippen LogP contribution in [0.3, 0.4) is 0 Å². The Kier molecular flexibility index (Phi) is 3.97. The third-order valence-electron chi connectivity index (χ3n) is 3.10. The van der Waals surface area contributed by atoms with Gasteiger partial charge in [0.25, 0.3) is 0 Å². The van der Waals surface area contributed by atoms with Crippen LogP contribution in [-0.4, -0.2) is 12.9 Å². The number of rotatable bonds is 3. The smallest absolute Gasteiger partial charge is 0.155 e. The van der Waals surface area contributed by atoms with Crippen LogP contribution in [-0.2, 0) is 11.2 Å². The number of hydrogen-bond donors (Lipinski definition) is 0. The molecule has 0 spiro atoms. The van der Waals surface area contributed by atoms with E-state index in [2.05, 4.69) is 6.07 Å². The summed E-state index contributed by atoms with van der Waals surface area (Å²) in [6, 6.07) is 8.05. The van der Waals surface area contributed by atoms with Crippen LogP contribution in [0.4, 0.5) is 0 Å². The Labute approximate surface area is 102 Å². The van der Waals surface area contributed by atoms with Crippen LogP contribution in [0, 0.1) is 0 Å². The Morgan fingerprint density at radius 1 is 1.24 bits per heavy atom. The standard InChI is InChI=1S/C15H18O2/c1-17-15-8-4-6-13(11-15)9-12-5-2-3-7-14(16)10-12/h4,6,8,10-11H,2-3,5,7,9H2,1H3. The quantitative estimate of drug-likeness (QED) is 0.796. The number of carbonyl (C=O) groups excluding carboxylic acids is 1. The summed E-state index contributed by atoms with van der Waals surface area (Å²) in [5, 5.41) is 0. The van der Waals surface area contributed by atoms with E-state index in [1.54, 1.807) is 7.11 Å². The number of benzene rings is 1. The Morgan fingerprint density at radius 2 is 2.06 bits per heavy atom. The predicted octanol–water partition coefficient (Wildman–Crippen LogP) is 3.31. The van der Waals surface area contributed by atoms with Crippen LogP contribution in [0.2, 0.25) is 0 Å². The van der Waals surface area contributed by atoms with Gasteiger partial charge >= 0.3 is 0 Å². The molecule has 0 radical (unpaired) electrons. The summed E-state index contributed by atoms with van der Waals surface area (Å²) in [7, 11) is 1.67. The molecule has 0 saturated carbocycles. The van der Waals surface area contributed by atoms with Gasteiger partial charge in [-0.3, -0.25) is 4.79 Å². The predicted molar refractivity (Wildman–Crippen MR) is 68.3 cm³/mol. The van der Waals surface area contributed by atoms with E-state index in [0.29, 0.717) is 6.42 Å². The molecule has 1 aromatic carbocycles. The van der Waals surface area contributed by atoms with Crippen molar-refractivity contribution >= 4 is 5.78 Å². The molecule has 1 aliphatic rings. The maximum absolute atomic E-state index is 11.5. The van der Waals surface area contributed by atoms with E-state index in [9.17, 15) is 4.79 Å². The first-order valence-electron chi connectivity index (χ1n) is 6.13. The zero-order chi connectivity index (χ0) is 12.1. The molecule has 0 aliphatic heterocycles. The minimum atomic E-state index is 0.278. The zero-order valence-corrected chi connectivity index (χ0v) is 10.2. The first kappa shape index (κ1) is 11.9. The van der Waals surface area contributed by atoms with Crippen molar-refractivity contribution in [2.75, 3.05) is 7.11 Å². The van der Waals surface area contributed by atoms with Crippen molar-refractivity contribution in [1.29, 1.82) is 0 Å². The minimum absolute atomic E-state index is 0.278. The van der Waals surface area contributed by atoms with E-state index >= 15 is 0 Å². The second-order valence-electron chi connectivity index (χ2n) is 4.50. The topological polar surface area (TPSA) is 26.3 Å². The molecule has 0 N–H and O–H groups in total. The summed E-state index contributed by atoms with van der Waals surface area (Å²) < 4.78 is 5.20. The SMILES string of the molecule is COc1cccc(CC2=CC(=O)CCCC2)c1. The van der Waals surface area contributed by atoms with Crippen LogP contribution in [0.25, 0.3) is 0 Å². The van der Waals surface area contributed by atoms with Crippen LogP contribution >= 0.6 is 0 Å². The van der Waals surface area contributed by atoms with Crippen molar-refractivity contribution in [3.63, 3.8) is 0 Å². The molecule has 0 amide bonds. The van der Waals surface area contributed by atoms with Crippen LogP contribution in [0.5, 0.6) is 5.75 Å². The first-order valence-corrected chi connectivity index (χ1v) is 6.13. The van der Waals surface area contributed by atoms with Crippen molar-refractivity contribution in [2.24, 2.45) is 0 Å². The second kappa shape index (κ2) is 5.67. The minimum Gasteiger partial charge on any atom is -0.497 e. The average Bonchev–Trinajstić information content (AvgIpc) is 2.54. The lowest BCUT2D eigenvalue weighted by Gasteiger charge is -2.07. The van der Waals surface area contributed by atoms with E-state index in [-0.39, 0.29) is 5.78 Å². The fraction of sp³-hybridized carbons (Fsp3) is 0.400. The van der Waals surface area contributed by atoms with Crippen molar-refractivity contribution in [2.45, 2.75) is 32.1 Å². The van der Waals surface area contributed by atoms with Gasteiger partial charge in [0.05, 0.1) is 7.11 Å². The van der Waals surface area contributed by atoms with Gasteiger partial charge in [-0.2, -0.15) is 0 Å². The first-order chi connectivity index (χ1) is 8.28.